The third-order valence-electron chi connectivity index (χ3n) is 1.77. The van der Waals surface area contributed by atoms with Crippen LogP contribution in [-0.2, 0) is 0 Å². The first-order chi connectivity index (χ1) is 6.09. The largest absolute Gasteiger partial charge is 0.401 e. The molecule has 1 aromatic rings. The molecule has 0 saturated carbocycles. The number of rotatable bonds is 2. The van der Waals surface area contributed by atoms with E-state index in [0.29, 0.717) is 0 Å². The van der Waals surface area contributed by atoms with Gasteiger partial charge in [0.15, 0.2) is 0 Å². The number of anilines is 1. The molecule has 0 unspecified atom stereocenters. The van der Waals surface area contributed by atoms with E-state index < -0.39 is 0 Å². The van der Waals surface area contributed by atoms with Crippen molar-refractivity contribution < 1.29 is 4.39 Å². The van der Waals surface area contributed by atoms with Crippen LogP contribution in [0.2, 0.25) is 0 Å². The third kappa shape index (κ3) is 2.78. The summed E-state index contributed by atoms with van der Waals surface area (Å²) in [5.41, 5.74) is 8.00. The fourth-order valence-corrected chi connectivity index (χ4v) is 0.848. The zero-order chi connectivity index (χ0) is 9.84. The average Bonchev–Trinajstić information content (AvgIpc) is 2.08. The minimum atomic E-state index is -0.239. The van der Waals surface area contributed by atoms with Crippen LogP contribution in [0, 0.1) is 5.82 Å². The number of hydrogen-bond donors (Lipinski definition) is 2. The zero-order valence-electron chi connectivity index (χ0n) is 7.76. The Morgan fingerprint density at radius 2 is 1.77 bits per heavy atom. The van der Waals surface area contributed by atoms with E-state index in [1.165, 1.54) is 12.1 Å². The molecule has 70 valence electrons. The Labute approximate surface area is 77.3 Å². The third-order valence-corrected chi connectivity index (χ3v) is 1.77. The quantitative estimate of drug-likeness (QED) is 0.733. The van der Waals surface area contributed by atoms with Crippen LogP contribution in [-0.4, -0.2) is 0 Å². The van der Waals surface area contributed by atoms with Crippen molar-refractivity contribution in [2.45, 2.75) is 13.8 Å². The molecule has 0 aliphatic rings. The maximum absolute atomic E-state index is 12.5. The topological polar surface area (TPSA) is 38.0 Å². The highest BCUT2D eigenvalue weighted by Crippen LogP contribution is 2.11. The summed E-state index contributed by atoms with van der Waals surface area (Å²) in [5, 5.41) is 3.06. The summed E-state index contributed by atoms with van der Waals surface area (Å²) in [5.74, 6) is -0.239. The van der Waals surface area contributed by atoms with Gasteiger partial charge in [-0.1, -0.05) is 0 Å². The molecule has 0 saturated heterocycles. The Bertz CT molecular complexity index is 310. The second-order valence-electron chi connectivity index (χ2n) is 2.94. The maximum atomic E-state index is 12.5. The van der Waals surface area contributed by atoms with Crippen molar-refractivity contribution in [2.75, 3.05) is 5.32 Å². The Morgan fingerprint density at radius 1 is 1.23 bits per heavy atom. The second kappa shape index (κ2) is 3.94. The molecule has 2 nitrogen and oxygen atoms in total. The van der Waals surface area contributed by atoms with Gasteiger partial charge in [-0.15, -0.1) is 0 Å². The Hall–Kier alpha value is -1.51. The van der Waals surface area contributed by atoms with E-state index in [-0.39, 0.29) is 5.82 Å². The number of nitrogens with one attached hydrogen (secondary N) is 1. The molecule has 0 aromatic heterocycles. The molecule has 0 heterocycles. The molecule has 13 heavy (non-hydrogen) atoms. The molecule has 3 N–H and O–H groups in total. The first-order valence-corrected chi connectivity index (χ1v) is 4.05. The molecular formula is C10H13FN2. The summed E-state index contributed by atoms with van der Waals surface area (Å²) < 4.78 is 12.5. The molecule has 1 aromatic carbocycles. The number of benzene rings is 1. The van der Waals surface area contributed by atoms with E-state index in [0.717, 1.165) is 17.1 Å². The van der Waals surface area contributed by atoms with E-state index in [4.69, 9.17) is 5.73 Å². The molecule has 0 aliphatic carbocycles. The SMILES string of the molecule is C/C(N)=C(\C)Nc1ccc(F)cc1. The molecule has 0 spiro atoms. The molecule has 0 fully saturated rings. The van der Waals surface area contributed by atoms with E-state index in [1.54, 1.807) is 12.1 Å². The van der Waals surface area contributed by atoms with Crippen LogP contribution in [0.1, 0.15) is 13.8 Å². The van der Waals surface area contributed by atoms with Crippen molar-refractivity contribution in [2.24, 2.45) is 5.73 Å². The van der Waals surface area contributed by atoms with Gasteiger partial charge >= 0.3 is 0 Å². The van der Waals surface area contributed by atoms with E-state index in [2.05, 4.69) is 5.32 Å². The standard InChI is InChI=1S/C10H13FN2/c1-7(12)8(2)13-10-5-3-9(11)4-6-10/h3-6,13H,12H2,1-2H3/b8-7-. The van der Waals surface area contributed by atoms with Gasteiger partial charge in [0.25, 0.3) is 0 Å². The van der Waals surface area contributed by atoms with Crippen LogP contribution in [0.15, 0.2) is 35.7 Å². The van der Waals surface area contributed by atoms with Crippen molar-refractivity contribution in [1.29, 1.82) is 0 Å². The predicted molar refractivity (Wildman–Crippen MR) is 52.6 cm³/mol. The summed E-state index contributed by atoms with van der Waals surface area (Å²) in [6.07, 6.45) is 0. The predicted octanol–water partition coefficient (Wildman–Crippen LogP) is 2.45. The highest BCUT2D eigenvalue weighted by atomic mass is 19.1. The molecule has 0 bridgehead atoms. The lowest BCUT2D eigenvalue weighted by Gasteiger charge is -2.07. The molecule has 0 radical (unpaired) electrons. The van der Waals surface area contributed by atoms with Gasteiger partial charge in [-0.25, -0.2) is 4.39 Å². The molecule has 0 amide bonds. The van der Waals surface area contributed by atoms with E-state index >= 15 is 0 Å². The summed E-state index contributed by atoms with van der Waals surface area (Å²) >= 11 is 0. The molecule has 0 atom stereocenters. The van der Waals surface area contributed by atoms with Gasteiger partial charge in [-0.2, -0.15) is 0 Å². The molecule has 0 aliphatic heterocycles. The fraction of sp³-hybridized carbons (Fsp3) is 0.200. The van der Waals surface area contributed by atoms with Gasteiger partial charge in [-0.3, -0.25) is 0 Å². The first kappa shape index (κ1) is 9.58. The Kier molecular flexibility index (Phi) is 2.90. The van der Waals surface area contributed by atoms with Crippen LogP contribution < -0.4 is 11.1 Å². The lowest BCUT2D eigenvalue weighted by Crippen LogP contribution is -2.04. The number of nitrogens with two attached hydrogens (primary N) is 1. The van der Waals surface area contributed by atoms with Crippen molar-refractivity contribution >= 4 is 5.69 Å². The first-order valence-electron chi connectivity index (χ1n) is 4.05. The number of hydrogen-bond acceptors (Lipinski definition) is 2. The summed E-state index contributed by atoms with van der Waals surface area (Å²) in [6.45, 7) is 3.69. The van der Waals surface area contributed by atoms with Gasteiger partial charge in [0.1, 0.15) is 5.82 Å². The zero-order valence-corrected chi connectivity index (χ0v) is 7.76. The number of halogens is 1. The molecule has 1 rings (SSSR count). The van der Waals surface area contributed by atoms with Crippen LogP contribution in [0.5, 0.6) is 0 Å². The Balaban J connectivity index is 2.76. The minimum absolute atomic E-state index is 0.239. The van der Waals surface area contributed by atoms with Crippen LogP contribution in [0.4, 0.5) is 10.1 Å². The van der Waals surface area contributed by atoms with Gasteiger partial charge in [0.2, 0.25) is 0 Å². The Morgan fingerprint density at radius 3 is 2.23 bits per heavy atom. The molecule has 3 heteroatoms. The van der Waals surface area contributed by atoms with Crippen molar-refractivity contribution in [3.8, 4) is 0 Å². The van der Waals surface area contributed by atoms with Gasteiger partial charge < -0.3 is 11.1 Å². The number of allylic oxidation sites excluding steroid dienone is 2. The lowest BCUT2D eigenvalue weighted by atomic mass is 10.3. The van der Waals surface area contributed by atoms with Crippen LogP contribution >= 0.6 is 0 Å². The van der Waals surface area contributed by atoms with Crippen molar-refractivity contribution in [3.63, 3.8) is 0 Å². The van der Waals surface area contributed by atoms with Crippen LogP contribution in [0.25, 0.3) is 0 Å². The highest BCUT2D eigenvalue weighted by Gasteiger charge is 1.94. The van der Waals surface area contributed by atoms with Crippen molar-refractivity contribution in [3.05, 3.63) is 41.5 Å². The van der Waals surface area contributed by atoms with Crippen LogP contribution in [0.3, 0.4) is 0 Å². The second-order valence-corrected chi connectivity index (χ2v) is 2.94. The minimum Gasteiger partial charge on any atom is -0.401 e. The van der Waals surface area contributed by atoms with Crippen molar-refractivity contribution in [1.82, 2.24) is 0 Å². The van der Waals surface area contributed by atoms with Gasteiger partial charge in [0.05, 0.1) is 0 Å². The normalized spacial score (nSPS) is 12.2. The summed E-state index contributed by atoms with van der Waals surface area (Å²) in [6, 6.07) is 6.15. The maximum Gasteiger partial charge on any atom is 0.123 e. The average molecular weight is 180 g/mol. The monoisotopic (exact) mass is 180 g/mol. The lowest BCUT2D eigenvalue weighted by molar-refractivity contribution is 0.628. The van der Waals surface area contributed by atoms with Gasteiger partial charge in [0, 0.05) is 17.1 Å². The highest BCUT2D eigenvalue weighted by molar-refractivity contribution is 5.48. The summed E-state index contributed by atoms with van der Waals surface area (Å²) in [4.78, 5) is 0. The molecular weight excluding hydrogens is 167 g/mol. The van der Waals surface area contributed by atoms with E-state index in [9.17, 15) is 4.39 Å². The smallest absolute Gasteiger partial charge is 0.123 e. The summed E-state index contributed by atoms with van der Waals surface area (Å²) in [7, 11) is 0. The fourth-order valence-electron chi connectivity index (χ4n) is 0.848. The van der Waals surface area contributed by atoms with Gasteiger partial charge in [-0.05, 0) is 38.1 Å². The van der Waals surface area contributed by atoms with E-state index in [1.807, 2.05) is 13.8 Å².